The van der Waals surface area contributed by atoms with Crippen LogP contribution in [0.3, 0.4) is 0 Å². The summed E-state index contributed by atoms with van der Waals surface area (Å²) in [5.74, 6) is 1.11. The Bertz CT molecular complexity index is 894. The van der Waals surface area contributed by atoms with Crippen LogP contribution in [0, 0.1) is 0 Å². The van der Waals surface area contributed by atoms with Crippen molar-refractivity contribution in [3.05, 3.63) is 65.4 Å². The molecule has 140 valence electrons. The lowest BCUT2D eigenvalue weighted by molar-refractivity contribution is -0.113. The van der Waals surface area contributed by atoms with Gasteiger partial charge < -0.3 is 25.4 Å². The Hall–Kier alpha value is -3.06. The van der Waals surface area contributed by atoms with Gasteiger partial charge in [-0.25, -0.2) is 0 Å². The summed E-state index contributed by atoms with van der Waals surface area (Å²) >= 11 is 5.28. The van der Waals surface area contributed by atoms with Gasteiger partial charge >= 0.3 is 0 Å². The number of nitrogens with one attached hydrogen (secondary N) is 3. The first-order valence-electron chi connectivity index (χ1n) is 8.40. The lowest BCUT2D eigenvalue weighted by Crippen LogP contribution is -2.45. The molecule has 3 rings (SSSR count). The predicted molar refractivity (Wildman–Crippen MR) is 109 cm³/mol. The zero-order valence-electron chi connectivity index (χ0n) is 15.3. The minimum absolute atomic E-state index is 0.236. The third-order valence-electron chi connectivity index (χ3n) is 4.32. The number of carbonyl (C=O) groups is 1. The van der Waals surface area contributed by atoms with Crippen molar-refractivity contribution in [1.29, 1.82) is 0 Å². The van der Waals surface area contributed by atoms with E-state index in [2.05, 4.69) is 16.0 Å². The number of benzene rings is 2. The van der Waals surface area contributed by atoms with Gasteiger partial charge in [-0.2, -0.15) is 0 Å². The molecule has 0 spiro atoms. The molecule has 1 heterocycles. The number of thiocarbonyl (C=S) groups is 1. The van der Waals surface area contributed by atoms with Crippen LogP contribution in [0.15, 0.2) is 59.8 Å². The van der Waals surface area contributed by atoms with E-state index in [1.165, 1.54) is 0 Å². The maximum Gasteiger partial charge on any atom is 0.255 e. The molecule has 0 saturated heterocycles. The standard InChI is InChI=1S/C20H21N3O3S/c1-12-17(19(24)22-15-6-4-5-7-16(15)26-3)18(23-20(27)21-12)13-8-10-14(25-2)11-9-13/h4-11,18H,1-3H3,(H,22,24)(H2,21,23,27)/t18-/m0/s1. The molecule has 6 nitrogen and oxygen atoms in total. The number of carbonyl (C=O) groups excluding carboxylic acids is 1. The van der Waals surface area contributed by atoms with Gasteiger partial charge in [0.05, 0.1) is 31.5 Å². The van der Waals surface area contributed by atoms with Gasteiger partial charge in [-0.1, -0.05) is 24.3 Å². The van der Waals surface area contributed by atoms with Crippen LogP contribution < -0.4 is 25.4 Å². The minimum atomic E-state index is -0.376. The van der Waals surface area contributed by atoms with Gasteiger partial charge in [0.1, 0.15) is 11.5 Å². The molecule has 7 heteroatoms. The van der Waals surface area contributed by atoms with Crippen LogP contribution in [0.4, 0.5) is 5.69 Å². The number of methoxy groups -OCH3 is 2. The van der Waals surface area contributed by atoms with Crippen LogP contribution in [-0.2, 0) is 4.79 Å². The topological polar surface area (TPSA) is 71.6 Å². The Morgan fingerprint density at radius 1 is 1.07 bits per heavy atom. The number of anilines is 1. The van der Waals surface area contributed by atoms with Crippen molar-refractivity contribution in [2.75, 3.05) is 19.5 Å². The third kappa shape index (κ3) is 4.03. The van der Waals surface area contributed by atoms with Gasteiger partial charge in [-0.05, 0) is 49.0 Å². The second-order valence-electron chi connectivity index (χ2n) is 6.00. The highest BCUT2D eigenvalue weighted by atomic mass is 32.1. The summed E-state index contributed by atoms with van der Waals surface area (Å²) in [7, 11) is 3.18. The Balaban J connectivity index is 1.94. The van der Waals surface area contributed by atoms with E-state index in [4.69, 9.17) is 21.7 Å². The molecule has 0 unspecified atom stereocenters. The molecule has 2 aromatic rings. The molecule has 1 atom stereocenters. The van der Waals surface area contributed by atoms with Crippen molar-refractivity contribution in [3.8, 4) is 11.5 Å². The normalized spacial score (nSPS) is 16.3. The van der Waals surface area contributed by atoms with Crippen molar-refractivity contribution in [3.63, 3.8) is 0 Å². The zero-order chi connectivity index (χ0) is 19.4. The molecule has 0 fully saturated rings. The Kier molecular flexibility index (Phi) is 5.61. The molecule has 1 aliphatic rings. The highest BCUT2D eigenvalue weighted by Crippen LogP contribution is 2.30. The van der Waals surface area contributed by atoms with Crippen LogP contribution in [-0.4, -0.2) is 25.2 Å². The number of para-hydroxylation sites is 2. The number of rotatable bonds is 5. The molecule has 27 heavy (non-hydrogen) atoms. The second-order valence-corrected chi connectivity index (χ2v) is 6.41. The lowest BCUT2D eigenvalue weighted by Gasteiger charge is -2.30. The van der Waals surface area contributed by atoms with E-state index in [-0.39, 0.29) is 11.9 Å². The van der Waals surface area contributed by atoms with E-state index in [0.29, 0.717) is 27.8 Å². The largest absolute Gasteiger partial charge is 0.497 e. The van der Waals surface area contributed by atoms with Crippen LogP contribution in [0.2, 0.25) is 0 Å². The van der Waals surface area contributed by atoms with E-state index in [0.717, 1.165) is 11.3 Å². The van der Waals surface area contributed by atoms with Crippen molar-refractivity contribution in [2.24, 2.45) is 0 Å². The van der Waals surface area contributed by atoms with Crippen molar-refractivity contribution < 1.29 is 14.3 Å². The number of hydrogen-bond acceptors (Lipinski definition) is 4. The summed E-state index contributed by atoms with van der Waals surface area (Å²) in [5.41, 5.74) is 2.77. The van der Waals surface area contributed by atoms with Gasteiger partial charge in [-0.15, -0.1) is 0 Å². The number of ether oxygens (including phenoxy) is 2. The average molecular weight is 383 g/mol. The van der Waals surface area contributed by atoms with E-state index in [9.17, 15) is 4.79 Å². The summed E-state index contributed by atoms with van der Waals surface area (Å²) in [4.78, 5) is 13.1. The smallest absolute Gasteiger partial charge is 0.255 e. The summed E-state index contributed by atoms with van der Waals surface area (Å²) in [6, 6.07) is 14.4. The molecule has 1 aliphatic heterocycles. The first-order chi connectivity index (χ1) is 13.0. The lowest BCUT2D eigenvalue weighted by atomic mass is 9.95. The molecule has 2 aromatic carbocycles. The van der Waals surface area contributed by atoms with Gasteiger partial charge in [-0.3, -0.25) is 4.79 Å². The second kappa shape index (κ2) is 8.09. The Morgan fingerprint density at radius 2 is 1.78 bits per heavy atom. The molecule has 0 radical (unpaired) electrons. The molecular formula is C20H21N3O3S. The van der Waals surface area contributed by atoms with E-state index >= 15 is 0 Å². The van der Waals surface area contributed by atoms with E-state index < -0.39 is 0 Å². The molecule has 0 bridgehead atoms. The van der Waals surface area contributed by atoms with Gasteiger partial charge in [0.15, 0.2) is 5.11 Å². The molecular weight excluding hydrogens is 362 g/mol. The van der Waals surface area contributed by atoms with Crippen molar-refractivity contribution >= 4 is 28.9 Å². The molecule has 3 N–H and O–H groups in total. The summed E-state index contributed by atoms with van der Waals surface area (Å²) < 4.78 is 10.5. The summed E-state index contributed by atoms with van der Waals surface area (Å²) in [6.07, 6.45) is 0. The SMILES string of the molecule is COc1ccc([C@@H]2NC(=S)NC(C)=C2C(=O)Nc2ccccc2OC)cc1. The van der Waals surface area contributed by atoms with E-state index in [1.54, 1.807) is 26.4 Å². The first kappa shape index (κ1) is 18.7. The predicted octanol–water partition coefficient (Wildman–Crippen LogP) is 3.14. The zero-order valence-corrected chi connectivity index (χ0v) is 16.1. The van der Waals surface area contributed by atoms with Crippen LogP contribution >= 0.6 is 12.2 Å². The fraction of sp³-hybridized carbons (Fsp3) is 0.200. The van der Waals surface area contributed by atoms with Gasteiger partial charge in [0, 0.05) is 5.70 Å². The van der Waals surface area contributed by atoms with Crippen molar-refractivity contribution in [1.82, 2.24) is 10.6 Å². The first-order valence-corrected chi connectivity index (χ1v) is 8.81. The monoisotopic (exact) mass is 383 g/mol. The quantitative estimate of drug-likeness (QED) is 0.689. The average Bonchev–Trinajstić information content (AvgIpc) is 2.67. The molecule has 0 aromatic heterocycles. The summed E-state index contributed by atoms with van der Waals surface area (Å²) in [5, 5.41) is 9.61. The Morgan fingerprint density at radius 3 is 2.44 bits per heavy atom. The van der Waals surface area contributed by atoms with E-state index in [1.807, 2.05) is 43.3 Å². The minimum Gasteiger partial charge on any atom is -0.497 e. The van der Waals surface area contributed by atoms with Crippen LogP contribution in [0.1, 0.15) is 18.5 Å². The molecule has 0 aliphatic carbocycles. The third-order valence-corrected chi connectivity index (χ3v) is 4.54. The molecule has 0 saturated carbocycles. The Labute approximate surface area is 163 Å². The highest BCUT2D eigenvalue weighted by Gasteiger charge is 2.30. The summed E-state index contributed by atoms with van der Waals surface area (Å²) in [6.45, 7) is 1.83. The maximum atomic E-state index is 13.1. The fourth-order valence-corrected chi connectivity index (χ4v) is 3.25. The maximum absolute atomic E-state index is 13.1. The number of allylic oxidation sites excluding steroid dienone is 1. The molecule has 1 amide bonds. The van der Waals surface area contributed by atoms with Crippen LogP contribution in [0.25, 0.3) is 0 Å². The number of hydrogen-bond donors (Lipinski definition) is 3. The highest BCUT2D eigenvalue weighted by molar-refractivity contribution is 7.80. The number of amides is 1. The van der Waals surface area contributed by atoms with Crippen LogP contribution in [0.5, 0.6) is 11.5 Å². The fourth-order valence-electron chi connectivity index (χ4n) is 2.98. The van der Waals surface area contributed by atoms with Gasteiger partial charge in [0.2, 0.25) is 0 Å². The van der Waals surface area contributed by atoms with Crippen molar-refractivity contribution in [2.45, 2.75) is 13.0 Å². The van der Waals surface area contributed by atoms with Gasteiger partial charge in [0.25, 0.3) is 5.91 Å².